The molecule has 0 heterocycles. The van der Waals surface area contributed by atoms with E-state index in [4.69, 9.17) is 4.74 Å². The van der Waals surface area contributed by atoms with Gasteiger partial charge in [-0.2, -0.15) is 0 Å². The lowest BCUT2D eigenvalue weighted by Crippen LogP contribution is -2.34. The van der Waals surface area contributed by atoms with Crippen LogP contribution in [-0.2, 0) is 17.4 Å². The highest BCUT2D eigenvalue weighted by molar-refractivity contribution is 6.83. The second-order valence-corrected chi connectivity index (χ2v) is 13.7. The van der Waals surface area contributed by atoms with Crippen molar-refractivity contribution in [3.05, 3.63) is 83.1 Å². The largest absolute Gasteiger partial charge is 0.373 e. The minimum Gasteiger partial charge on any atom is -0.373 e. The highest BCUT2D eigenvalue weighted by atomic mass is 28.3. The Balaban J connectivity index is 1.65. The van der Waals surface area contributed by atoms with Gasteiger partial charge < -0.3 is 4.74 Å². The van der Waals surface area contributed by atoms with Crippen LogP contribution in [-0.4, -0.2) is 14.7 Å². The van der Waals surface area contributed by atoms with Crippen molar-refractivity contribution in [1.29, 1.82) is 0 Å². The van der Waals surface area contributed by atoms with Crippen LogP contribution < -0.4 is 0 Å². The van der Waals surface area contributed by atoms with Crippen molar-refractivity contribution in [2.24, 2.45) is 5.92 Å². The molecule has 0 bridgehead atoms. The summed E-state index contributed by atoms with van der Waals surface area (Å²) in [5, 5.41) is 1.72. The van der Waals surface area contributed by atoms with E-state index in [1.165, 1.54) is 55.7 Å². The average molecular weight is 393 g/mol. The van der Waals surface area contributed by atoms with Gasteiger partial charge >= 0.3 is 0 Å². The Labute approximate surface area is 172 Å². The predicted molar refractivity (Wildman–Crippen MR) is 123 cm³/mol. The summed E-state index contributed by atoms with van der Waals surface area (Å²) < 4.78 is 6.03. The molecule has 150 valence electrons. The minimum atomic E-state index is -1.51. The van der Waals surface area contributed by atoms with Crippen LogP contribution in [0.5, 0.6) is 0 Å². The molecule has 0 unspecified atom stereocenters. The molecule has 0 spiro atoms. The molecular weight excluding hydrogens is 356 g/mol. The van der Waals surface area contributed by atoms with Crippen LogP contribution in [0.2, 0.25) is 13.1 Å². The first kappa shape index (κ1) is 21.1. The Morgan fingerprint density at radius 2 is 1.50 bits per heavy atom. The van der Waals surface area contributed by atoms with Crippen LogP contribution in [0.3, 0.4) is 0 Å². The molecule has 0 aromatic heterocycles. The van der Waals surface area contributed by atoms with Crippen molar-refractivity contribution in [3.8, 4) is 0 Å². The second-order valence-electron chi connectivity index (χ2n) is 8.98. The molecule has 1 aliphatic carbocycles. The summed E-state index contributed by atoms with van der Waals surface area (Å²) in [5.41, 5.74) is 2.74. The monoisotopic (exact) mass is 392 g/mol. The molecule has 1 aliphatic rings. The molecule has 3 rings (SSSR count). The first-order chi connectivity index (χ1) is 13.6. The number of allylic oxidation sites excluding steroid dienone is 1. The lowest BCUT2D eigenvalue weighted by atomic mass is 9.87. The van der Waals surface area contributed by atoms with E-state index in [0.29, 0.717) is 6.61 Å². The zero-order valence-corrected chi connectivity index (χ0v) is 18.7. The van der Waals surface area contributed by atoms with Crippen LogP contribution >= 0.6 is 0 Å². The number of benzene rings is 2. The first-order valence-electron chi connectivity index (χ1n) is 11.0. The Morgan fingerprint density at radius 3 is 2.14 bits per heavy atom. The number of hydrogen-bond donors (Lipinski definition) is 0. The van der Waals surface area contributed by atoms with E-state index in [2.05, 4.69) is 79.8 Å². The summed E-state index contributed by atoms with van der Waals surface area (Å²) in [4.78, 5) is 0. The molecule has 28 heavy (non-hydrogen) atoms. The van der Waals surface area contributed by atoms with Crippen molar-refractivity contribution in [2.75, 3.05) is 6.61 Å². The first-order valence-corrected chi connectivity index (χ1v) is 14.2. The molecule has 0 radical (unpaired) electrons. The van der Waals surface area contributed by atoms with Gasteiger partial charge in [-0.3, -0.25) is 0 Å². The van der Waals surface area contributed by atoms with Gasteiger partial charge in [-0.15, -0.1) is 0 Å². The van der Waals surface area contributed by atoms with E-state index in [0.717, 1.165) is 12.5 Å². The number of rotatable bonds is 9. The molecule has 0 atom stereocenters. The van der Waals surface area contributed by atoms with Crippen molar-refractivity contribution < 1.29 is 4.74 Å². The van der Waals surface area contributed by atoms with Crippen molar-refractivity contribution in [3.63, 3.8) is 0 Å². The van der Waals surface area contributed by atoms with Gasteiger partial charge in [-0.05, 0) is 23.9 Å². The molecule has 2 heteroatoms. The SMILES string of the molecule is C[Si](C)(Cc1ccccc1)/C(=C\COCc1ccccc1)CC1CCCCC1. The van der Waals surface area contributed by atoms with Gasteiger partial charge in [0.1, 0.15) is 0 Å². The molecule has 0 amide bonds. The molecule has 0 N–H and O–H groups in total. The van der Waals surface area contributed by atoms with Gasteiger partial charge in [0.25, 0.3) is 0 Å². The molecule has 0 aliphatic heterocycles. The van der Waals surface area contributed by atoms with E-state index in [-0.39, 0.29) is 0 Å². The van der Waals surface area contributed by atoms with Gasteiger partial charge in [0.15, 0.2) is 0 Å². The third-order valence-corrected chi connectivity index (χ3v) is 9.59. The van der Waals surface area contributed by atoms with Crippen molar-refractivity contribution in [2.45, 2.75) is 64.3 Å². The molecule has 1 fully saturated rings. The summed E-state index contributed by atoms with van der Waals surface area (Å²) in [6.07, 6.45) is 10.8. The fourth-order valence-electron chi connectivity index (χ4n) is 4.47. The lowest BCUT2D eigenvalue weighted by molar-refractivity contribution is 0.148. The van der Waals surface area contributed by atoms with Gasteiger partial charge in [0.05, 0.1) is 21.3 Å². The maximum atomic E-state index is 6.03. The van der Waals surface area contributed by atoms with Crippen molar-refractivity contribution in [1.82, 2.24) is 0 Å². The molecule has 2 aromatic carbocycles. The van der Waals surface area contributed by atoms with E-state index >= 15 is 0 Å². The Kier molecular flexibility index (Phi) is 8.11. The smallest absolute Gasteiger partial charge is 0.0794 e. The standard InChI is InChI=1S/C26H36OSi/c1-28(2,22-25-16-10-5-11-17-25)26(20-23-12-6-3-7-13-23)18-19-27-21-24-14-8-4-9-15-24/h4-5,8-11,14-18,23H,3,6-7,12-13,19-22H2,1-2H3/b26-18-. The molecule has 1 saturated carbocycles. The third kappa shape index (κ3) is 6.75. The lowest BCUT2D eigenvalue weighted by Gasteiger charge is -2.31. The number of ether oxygens (including phenoxy) is 1. The van der Waals surface area contributed by atoms with Crippen LogP contribution in [0, 0.1) is 5.92 Å². The number of hydrogen-bond acceptors (Lipinski definition) is 1. The third-order valence-electron chi connectivity index (χ3n) is 6.15. The maximum absolute atomic E-state index is 6.03. The van der Waals surface area contributed by atoms with E-state index < -0.39 is 8.07 Å². The highest BCUT2D eigenvalue weighted by Crippen LogP contribution is 2.33. The summed E-state index contributed by atoms with van der Waals surface area (Å²) >= 11 is 0. The van der Waals surface area contributed by atoms with Crippen LogP contribution in [0.15, 0.2) is 71.9 Å². The Hall–Kier alpha value is -1.64. The highest BCUT2D eigenvalue weighted by Gasteiger charge is 2.28. The minimum absolute atomic E-state index is 0.703. The second kappa shape index (κ2) is 10.8. The van der Waals surface area contributed by atoms with E-state index in [1.54, 1.807) is 5.20 Å². The van der Waals surface area contributed by atoms with Crippen LogP contribution in [0.1, 0.15) is 49.7 Å². The van der Waals surface area contributed by atoms with Crippen LogP contribution in [0.25, 0.3) is 0 Å². The summed E-state index contributed by atoms with van der Waals surface area (Å²) in [6.45, 7) is 6.54. The van der Waals surface area contributed by atoms with Crippen LogP contribution in [0.4, 0.5) is 0 Å². The summed E-state index contributed by atoms with van der Waals surface area (Å²) in [7, 11) is -1.51. The zero-order chi connectivity index (χ0) is 19.7. The summed E-state index contributed by atoms with van der Waals surface area (Å²) in [5.74, 6) is 0.886. The summed E-state index contributed by atoms with van der Waals surface area (Å²) in [6, 6.07) is 22.8. The van der Waals surface area contributed by atoms with Gasteiger partial charge in [-0.1, -0.05) is 123 Å². The predicted octanol–water partition coefficient (Wildman–Crippen LogP) is 7.13. The maximum Gasteiger partial charge on any atom is 0.0794 e. The quantitative estimate of drug-likeness (QED) is 0.326. The van der Waals surface area contributed by atoms with E-state index in [1.807, 2.05) is 0 Å². The molecule has 1 nitrogen and oxygen atoms in total. The Bertz CT molecular complexity index is 715. The molecular formula is C26H36OSi. The Morgan fingerprint density at radius 1 is 0.893 bits per heavy atom. The average Bonchev–Trinajstić information content (AvgIpc) is 2.72. The normalized spacial score (nSPS) is 16.3. The topological polar surface area (TPSA) is 9.23 Å². The fraction of sp³-hybridized carbons (Fsp3) is 0.462. The fourth-order valence-corrected chi connectivity index (χ4v) is 7.43. The van der Waals surface area contributed by atoms with Gasteiger partial charge in [0, 0.05) is 0 Å². The van der Waals surface area contributed by atoms with Gasteiger partial charge in [-0.25, -0.2) is 0 Å². The van der Waals surface area contributed by atoms with Gasteiger partial charge in [0.2, 0.25) is 0 Å². The zero-order valence-electron chi connectivity index (χ0n) is 17.7. The van der Waals surface area contributed by atoms with Crippen molar-refractivity contribution >= 4 is 8.07 Å². The molecule has 0 saturated heterocycles. The van der Waals surface area contributed by atoms with E-state index in [9.17, 15) is 0 Å². The molecule has 2 aromatic rings.